The number of hydrogen-bond acceptors (Lipinski definition) is 5. The fourth-order valence-corrected chi connectivity index (χ4v) is 2.14. The van der Waals surface area contributed by atoms with Crippen molar-refractivity contribution in [3.8, 4) is 0 Å². The second-order valence-corrected chi connectivity index (χ2v) is 5.12. The number of hydrogen-bond donors (Lipinski definition) is 1. The summed E-state index contributed by atoms with van der Waals surface area (Å²) in [5.74, 6) is 2.47. The molecule has 1 aromatic rings. The van der Waals surface area contributed by atoms with Crippen LogP contribution in [0.4, 0.5) is 5.82 Å². The normalized spacial score (nSPS) is 12.5. The highest BCUT2D eigenvalue weighted by atomic mass is 35.5. The quantitative estimate of drug-likeness (QED) is 0.776. The predicted molar refractivity (Wildman–Crippen MR) is 73.8 cm³/mol. The first-order chi connectivity index (χ1) is 8.15. The summed E-state index contributed by atoms with van der Waals surface area (Å²) in [6.45, 7) is 2.50. The third-order valence-corrected chi connectivity index (χ3v) is 3.00. The number of methoxy groups -OCH3 is 1. The van der Waals surface area contributed by atoms with Gasteiger partial charge in [0, 0.05) is 19.2 Å². The van der Waals surface area contributed by atoms with Crippen LogP contribution in [0.25, 0.3) is 0 Å². The molecular formula is C11H18ClN3OS. The lowest BCUT2D eigenvalue weighted by Crippen LogP contribution is -2.17. The van der Waals surface area contributed by atoms with Crippen molar-refractivity contribution in [3.63, 3.8) is 0 Å². The number of aromatic nitrogens is 2. The Balaban J connectivity index is 2.63. The Morgan fingerprint density at radius 2 is 2.29 bits per heavy atom. The van der Waals surface area contributed by atoms with E-state index in [9.17, 15) is 0 Å². The standard InChI is InChI=1S/C11H18ClN3OS/c1-8(4-5-17-3)13-10-6-9(12)14-11(15-10)7-16-2/h6,8H,4-5,7H2,1-3H3,(H,13,14,15). The molecule has 0 amide bonds. The van der Waals surface area contributed by atoms with E-state index in [1.54, 1.807) is 13.2 Å². The fourth-order valence-electron chi connectivity index (χ4n) is 1.35. The average molecular weight is 276 g/mol. The number of anilines is 1. The van der Waals surface area contributed by atoms with Gasteiger partial charge in [0.15, 0.2) is 5.82 Å². The number of halogens is 1. The third-order valence-electron chi connectivity index (χ3n) is 2.16. The summed E-state index contributed by atoms with van der Waals surface area (Å²) in [6.07, 6.45) is 3.19. The Labute approximate surface area is 112 Å². The predicted octanol–water partition coefficient (Wildman–Crippen LogP) is 2.83. The monoisotopic (exact) mass is 275 g/mol. The van der Waals surface area contributed by atoms with Crippen molar-refractivity contribution in [3.05, 3.63) is 17.0 Å². The van der Waals surface area contributed by atoms with Crippen molar-refractivity contribution in [2.24, 2.45) is 0 Å². The molecule has 1 unspecified atom stereocenters. The fraction of sp³-hybridized carbons (Fsp3) is 0.636. The van der Waals surface area contributed by atoms with Crippen LogP contribution < -0.4 is 5.32 Å². The van der Waals surface area contributed by atoms with Crippen LogP contribution in [0.2, 0.25) is 5.15 Å². The lowest BCUT2D eigenvalue weighted by atomic mass is 10.2. The highest BCUT2D eigenvalue weighted by Gasteiger charge is 2.06. The Morgan fingerprint density at radius 3 is 2.94 bits per heavy atom. The highest BCUT2D eigenvalue weighted by Crippen LogP contribution is 2.14. The maximum absolute atomic E-state index is 5.92. The van der Waals surface area contributed by atoms with E-state index in [-0.39, 0.29) is 0 Å². The van der Waals surface area contributed by atoms with Gasteiger partial charge in [-0.15, -0.1) is 0 Å². The minimum Gasteiger partial charge on any atom is -0.377 e. The minimum atomic E-state index is 0.365. The molecule has 0 aliphatic heterocycles. The van der Waals surface area contributed by atoms with Gasteiger partial charge in [-0.2, -0.15) is 11.8 Å². The molecule has 0 saturated heterocycles. The molecule has 4 nitrogen and oxygen atoms in total. The van der Waals surface area contributed by atoms with Gasteiger partial charge >= 0.3 is 0 Å². The molecule has 17 heavy (non-hydrogen) atoms. The summed E-state index contributed by atoms with van der Waals surface area (Å²) in [7, 11) is 1.61. The molecule has 0 fully saturated rings. The first-order valence-corrected chi connectivity index (χ1v) is 7.20. The van der Waals surface area contributed by atoms with Crippen LogP contribution in [0, 0.1) is 0 Å². The van der Waals surface area contributed by atoms with Gasteiger partial charge in [-0.05, 0) is 25.4 Å². The molecule has 0 aliphatic carbocycles. The third kappa shape index (κ3) is 5.57. The maximum atomic E-state index is 5.92. The van der Waals surface area contributed by atoms with E-state index in [1.165, 1.54) is 0 Å². The van der Waals surface area contributed by atoms with Crippen molar-refractivity contribution in [2.45, 2.75) is 26.0 Å². The molecule has 0 saturated carbocycles. The average Bonchev–Trinajstić information content (AvgIpc) is 2.26. The highest BCUT2D eigenvalue weighted by molar-refractivity contribution is 7.98. The summed E-state index contributed by atoms with van der Waals surface area (Å²) in [5, 5.41) is 3.75. The van der Waals surface area contributed by atoms with Gasteiger partial charge in [0.05, 0.1) is 0 Å². The molecule has 0 spiro atoms. The number of nitrogens with one attached hydrogen (secondary N) is 1. The zero-order chi connectivity index (χ0) is 12.7. The number of thioether (sulfide) groups is 1. The van der Waals surface area contributed by atoms with E-state index in [2.05, 4.69) is 28.5 Å². The topological polar surface area (TPSA) is 47.0 Å². The molecule has 0 radical (unpaired) electrons. The van der Waals surface area contributed by atoms with Gasteiger partial charge in [-0.3, -0.25) is 0 Å². The van der Waals surface area contributed by atoms with E-state index < -0.39 is 0 Å². The van der Waals surface area contributed by atoms with Gasteiger partial charge in [0.25, 0.3) is 0 Å². The van der Waals surface area contributed by atoms with Crippen LogP contribution in [0.1, 0.15) is 19.2 Å². The first kappa shape index (κ1) is 14.5. The van der Waals surface area contributed by atoms with Crippen molar-refractivity contribution in [2.75, 3.05) is 24.4 Å². The molecule has 1 atom stereocenters. The Morgan fingerprint density at radius 1 is 1.53 bits per heavy atom. The SMILES string of the molecule is COCc1nc(Cl)cc(NC(C)CCSC)n1. The molecule has 0 aromatic carbocycles. The molecular weight excluding hydrogens is 258 g/mol. The zero-order valence-electron chi connectivity index (χ0n) is 10.4. The Bertz CT molecular complexity index is 351. The molecule has 1 rings (SSSR count). The second-order valence-electron chi connectivity index (χ2n) is 3.75. The van der Waals surface area contributed by atoms with Crippen LogP contribution in [-0.2, 0) is 11.3 Å². The van der Waals surface area contributed by atoms with E-state index in [0.29, 0.717) is 23.6 Å². The van der Waals surface area contributed by atoms with Gasteiger partial charge in [0.2, 0.25) is 0 Å². The van der Waals surface area contributed by atoms with Gasteiger partial charge in [0.1, 0.15) is 17.6 Å². The Kier molecular flexibility index (Phi) is 6.62. The van der Waals surface area contributed by atoms with Crippen molar-refractivity contribution in [1.82, 2.24) is 9.97 Å². The van der Waals surface area contributed by atoms with E-state index in [0.717, 1.165) is 18.0 Å². The molecule has 0 aliphatic rings. The largest absolute Gasteiger partial charge is 0.377 e. The van der Waals surface area contributed by atoms with Gasteiger partial charge < -0.3 is 10.1 Å². The number of nitrogens with zero attached hydrogens (tertiary/aromatic N) is 2. The summed E-state index contributed by atoms with van der Waals surface area (Å²) in [4.78, 5) is 8.41. The van der Waals surface area contributed by atoms with E-state index in [4.69, 9.17) is 16.3 Å². The smallest absolute Gasteiger partial charge is 0.158 e. The minimum absolute atomic E-state index is 0.365. The summed E-state index contributed by atoms with van der Waals surface area (Å²) < 4.78 is 4.99. The number of ether oxygens (including phenoxy) is 1. The lowest BCUT2D eigenvalue weighted by molar-refractivity contribution is 0.178. The molecule has 1 heterocycles. The molecule has 6 heteroatoms. The van der Waals surface area contributed by atoms with Crippen molar-refractivity contribution >= 4 is 29.2 Å². The van der Waals surface area contributed by atoms with Crippen LogP contribution in [0.5, 0.6) is 0 Å². The van der Waals surface area contributed by atoms with Crippen LogP contribution >= 0.6 is 23.4 Å². The van der Waals surface area contributed by atoms with Crippen LogP contribution in [0.15, 0.2) is 6.07 Å². The lowest BCUT2D eigenvalue weighted by Gasteiger charge is -2.14. The van der Waals surface area contributed by atoms with E-state index in [1.807, 2.05) is 11.8 Å². The molecule has 0 bridgehead atoms. The molecule has 1 N–H and O–H groups in total. The van der Waals surface area contributed by atoms with Crippen LogP contribution in [-0.4, -0.2) is 35.1 Å². The Hall–Kier alpha value is -0.520. The summed E-state index contributed by atoms with van der Waals surface area (Å²) in [6, 6.07) is 2.10. The maximum Gasteiger partial charge on any atom is 0.158 e. The molecule has 1 aromatic heterocycles. The van der Waals surface area contributed by atoms with Gasteiger partial charge in [-0.1, -0.05) is 11.6 Å². The first-order valence-electron chi connectivity index (χ1n) is 5.43. The molecule has 96 valence electrons. The van der Waals surface area contributed by atoms with E-state index >= 15 is 0 Å². The zero-order valence-corrected chi connectivity index (χ0v) is 11.9. The van der Waals surface area contributed by atoms with Crippen LogP contribution in [0.3, 0.4) is 0 Å². The van der Waals surface area contributed by atoms with Crippen molar-refractivity contribution < 1.29 is 4.74 Å². The second kappa shape index (κ2) is 7.74. The number of rotatable bonds is 7. The van der Waals surface area contributed by atoms with Crippen molar-refractivity contribution in [1.29, 1.82) is 0 Å². The van der Waals surface area contributed by atoms with Gasteiger partial charge in [-0.25, -0.2) is 9.97 Å². The summed E-state index contributed by atoms with van der Waals surface area (Å²) >= 11 is 7.76. The summed E-state index contributed by atoms with van der Waals surface area (Å²) in [5.41, 5.74) is 0.